The van der Waals surface area contributed by atoms with Crippen LogP contribution in [0.5, 0.6) is 0 Å². The SMILES string of the molecule is Cc1ccc(-c2nn(-c3ccccc3)cc2C2C(C#N)=C(N)N(c3nc(-c4ccc(F)cc4)cs3)C3=C2C(=O)CCC3)cc1. The molecule has 0 saturated carbocycles. The normalized spacial score (nSPS) is 16.7. The minimum Gasteiger partial charge on any atom is -0.384 e. The molecule has 0 radical (unpaired) electrons. The molecular weight excluding hydrogens is 571 g/mol. The van der Waals surface area contributed by atoms with E-state index in [4.69, 9.17) is 15.8 Å². The number of nitrogens with two attached hydrogens (primary N) is 1. The highest BCUT2D eigenvalue weighted by molar-refractivity contribution is 7.14. The molecule has 1 aliphatic carbocycles. The number of carbonyl (C=O) groups is 1. The van der Waals surface area contributed by atoms with Crippen LogP contribution in [0.2, 0.25) is 0 Å². The smallest absolute Gasteiger partial charge is 0.195 e. The van der Waals surface area contributed by atoms with Crippen molar-refractivity contribution in [1.29, 1.82) is 5.26 Å². The average Bonchev–Trinajstić information content (AvgIpc) is 3.70. The number of halogens is 1. The van der Waals surface area contributed by atoms with Crippen LogP contribution < -0.4 is 10.6 Å². The molecule has 0 bridgehead atoms. The standard InChI is InChI=1S/C35H27FN6OS/c1-21-10-12-23(13-11-21)33-27(19-41(40-33)25-6-3-2-4-7-25)31-26(18-37)34(38)42(29-8-5-9-30(43)32(29)31)35-39-28(20-44-35)22-14-16-24(36)17-15-22/h2-4,6-7,10-17,19-20,31H,5,8-9,38H2,1H3. The number of hydrogen-bond donors (Lipinski definition) is 1. The molecule has 7 rings (SSSR count). The molecule has 216 valence electrons. The Labute approximate surface area is 258 Å². The molecule has 0 saturated heterocycles. The van der Waals surface area contributed by atoms with Crippen LogP contribution in [-0.2, 0) is 4.79 Å². The molecule has 3 heterocycles. The van der Waals surface area contributed by atoms with Gasteiger partial charge in [0.05, 0.1) is 34.6 Å². The lowest BCUT2D eigenvalue weighted by Gasteiger charge is -2.38. The lowest BCUT2D eigenvalue weighted by molar-refractivity contribution is -0.116. The van der Waals surface area contributed by atoms with Crippen molar-refractivity contribution in [2.24, 2.45) is 5.73 Å². The van der Waals surface area contributed by atoms with E-state index in [2.05, 4.69) is 6.07 Å². The maximum Gasteiger partial charge on any atom is 0.195 e. The van der Waals surface area contributed by atoms with E-state index in [1.54, 1.807) is 21.7 Å². The molecule has 0 amide bonds. The monoisotopic (exact) mass is 598 g/mol. The van der Waals surface area contributed by atoms with Crippen LogP contribution in [0.25, 0.3) is 28.2 Å². The van der Waals surface area contributed by atoms with Crippen molar-refractivity contribution in [3.05, 3.63) is 130 Å². The number of ketones is 1. The molecule has 0 spiro atoms. The van der Waals surface area contributed by atoms with E-state index in [1.807, 2.05) is 73.1 Å². The first-order chi connectivity index (χ1) is 21.4. The highest BCUT2D eigenvalue weighted by Gasteiger charge is 2.42. The highest BCUT2D eigenvalue weighted by Crippen LogP contribution is 2.49. The number of thiazole rings is 1. The van der Waals surface area contributed by atoms with Gasteiger partial charge in [-0.05, 0) is 56.2 Å². The van der Waals surface area contributed by atoms with Crippen LogP contribution in [0.15, 0.2) is 113 Å². The molecule has 5 aromatic rings. The molecule has 3 aromatic carbocycles. The third-order valence-corrected chi connectivity index (χ3v) is 8.96. The number of nitrogens with zero attached hydrogens (tertiary/aromatic N) is 5. The molecular formula is C35H27FN6OS. The van der Waals surface area contributed by atoms with Crippen molar-refractivity contribution in [1.82, 2.24) is 14.8 Å². The van der Waals surface area contributed by atoms with Crippen LogP contribution in [0.1, 0.15) is 36.3 Å². The Morgan fingerprint density at radius 2 is 1.73 bits per heavy atom. The van der Waals surface area contributed by atoms with Crippen molar-refractivity contribution in [2.45, 2.75) is 32.1 Å². The predicted molar refractivity (Wildman–Crippen MR) is 169 cm³/mol. The fraction of sp³-hybridized carbons (Fsp3) is 0.143. The molecule has 1 unspecified atom stereocenters. The largest absolute Gasteiger partial charge is 0.384 e. The van der Waals surface area contributed by atoms with Crippen LogP contribution >= 0.6 is 11.3 Å². The fourth-order valence-electron chi connectivity index (χ4n) is 5.98. The van der Waals surface area contributed by atoms with Crippen molar-refractivity contribution in [3.63, 3.8) is 0 Å². The van der Waals surface area contributed by atoms with Gasteiger partial charge in [-0.15, -0.1) is 11.3 Å². The van der Waals surface area contributed by atoms with Crippen LogP contribution in [-0.4, -0.2) is 20.5 Å². The second-order valence-corrected chi connectivity index (χ2v) is 11.8. The second-order valence-electron chi connectivity index (χ2n) is 10.9. The van der Waals surface area contributed by atoms with Gasteiger partial charge in [0.2, 0.25) is 0 Å². The summed E-state index contributed by atoms with van der Waals surface area (Å²) in [6.07, 6.45) is 3.57. The van der Waals surface area contributed by atoms with Gasteiger partial charge >= 0.3 is 0 Å². The minimum absolute atomic E-state index is 0.0147. The van der Waals surface area contributed by atoms with E-state index >= 15 is 0 Å². The molecule has 0 fully saturated rings. The van der Waals surface area contributed by atoms with E-state index in [9.17, 15) is 14.4 Å². The second kappa shape index (κ2) is 11.1. The summed E-state index contributed by atoms with van der Waals surface area (Å²) in [5, 5.41) is 18.1. The van der Waals surface area contributed by atoms with Gasteiger partial charge in [0.25, 0.3) is 0 Å². The predicted octanol–water partition coefficient (Wildman–Crippen LogP) is 7.42. The molecule has 1 atom stereocenters. The molecule has 44 heavy (non-hydrogen) atoms. The maximum absolute atomic E-state index is 13.8. The third kappa shape index (κ3) is 4.70. The van der Waals surface area contributed by atoms with Crippen molar-refractivity contribution in [2.75, 3.05) is 4.90 Å². The lowest BCUT2D eigenvalue weighted by atomic mass is 9.75. The van der Waals surface area contributed by atoms with Gasteiger partial charge in [-0.1, -0.05) is 48.0 Å². The summed E-state index contributed by atoms with van der Waals surface area (Å²) in [7, 11) is 0. The van der Waals surface area contributed by atoms with E-state index < -0.39 is 5.92 Å². The number of carbonyl (C=O) groups excluding carboxylic acids is 1. The highest BCUT2D eigenvalue weighted by atomic mass is 32.1. The number of rotatable bonds is 5. The number of benzene rings is 3. The number of para-hydroxylation sites is 1. The zero-order chi connectivity index (χ0) is 30.4. The van der Waals surface area contributed by atoms with E-state index in [0.29, 0.717) is 41.4 Å². The molecule has 2 aliphatic rings. The fourth-order valence-corrected chi connectivity index (χ4v) is 6.85. The van der Waals surface area contributed by atoms with Crippen LogP contribution in [0.4, 0.5) is 9.52 Å². The Hall–Kier alpha value is -5.33. The Morgan fingerprint density at radius 3 is 2.45 bits per heavy atom. The topological polar surface area (TPSA) is 101 Å². The zero-order valence-corrected chi connectivity index (χ0v) is 24.7. The summed E-state index contributed by atoms with van der Waals surface area (Å²) in [6.45, 7) is 2.03. The zero-order valence-electron chi connectivity index (χ0n) is 23.9. The summed E-state index contributed by atoms with van der Waals surface area (Å²) < 4.78 is 15.4. The number of Topliss-reactive ketones (excluding diaryl/α,β-unsaturated/α-hetero) is 1. The molecule has 9 heteroatoms. The van der Waals surface area contributed by atoms with Crippen molar-refractivity contribution < 1.29 is 9.18 Å². The van der Waals surface area contributed by atoms with Crippen molar-refractivity contribution in [3.8, 4) is 34.3 Å². The average molecular weight is 599 g/mol. The molecule has 2 aromatic heterocycles. The number of aryl methyl sites for hydroxylation is 1. The van der Waals surface area contributed by atoms with Gasteiger partial charge in [-0.25, -0.2) is 14.1 Å². The van der Waals surface area contributed by atoms with Crippen LogP contribution in [0.3, 0.4) is 0 Å². The van der Waals surface area contributed by atoms with Crippen LogP contribution in [0, 0.1) is 24.1 Å². The van der Waals surface area contributed by atoms with Gasteiger partial charge < -0.3 is 5.73 Å². The number of allylic oxidation sites excluding steroid dienone is 3. The van der Waals surface area contributed by atoms with E-state index in [0.717, 1.165) is 33.6 Å². The minimum atomic E-state index is -0.690. The first-order valence-corrected chi connectivity index (χ1v) is 15.2. The number of anilines is 1. The van der Waals surface area contributed by atoms with E-state index in [-0.39, 0.29) is 23.0 Å². The molecule has 2 N–H and O–H groups in total. The number of nitriles is 1. The Morgan fingerprint density at radius 1 is 1.00 bits per heavy atom. The quantitative estimate of drug-likeness (QED) is 0.226. The van der Waals surface area contributed by atoms with Gasteiger partial charge in [-0.2, -0.15) is 10.4 Å². The summed E-state index contributed by atoms with van der Waals surface area (Å²) >= 11 is 1.36. The summed E-state index contributed by atoms with van der Waals surface area (Å²) in [5.41, 5.74) is 14.2. The van der Waals surface area contributed by atoms with Gasteiger partial charge in [0.1, 0.15) is 11.6 Å². The Balaban J connectivity index is 1.42. The third-order valence-electron chi connectivity index (χ3n) is 8.14. The Kier molecular flexibility index (Phi) is 6.91. The first-order valence-electron chi connectivity index (χ1n) is 14.3. The van der Waals surface area contributed by atoms with E-state index in [1.165, 1.54) is 23.5 Å². The summed E-state index contributed by atoms with van der Waals surface area (Å²) in [4.78, 5) is 20.4. The number of aromatic nitrogens is 3. The molecule has 1 aliphatic heterocycles. The summed E-state index contributed by atoms with van der Waals surface area (Å²) in [5.74, 6) is -0.787. The number of hydrogen-bond acceptors (Lipinski definition) is 7. The van der Waals surface area contributed by atoms with Gasteiger partial charge in [0.15, 0.2) is 10.9 Å². The maximum atomic E-state index is 13.8. The lowest BCUT2D eigenvalue weighted by Crippen LogP contribution is -2.38. The molecule has 7 nitrogen and oxygen atoms in total. The van der Waals surface area contributed by atoms with Gasteiger partial charge in [-0.3, -0.25) is 9.69 Å². The van der Waals surface area contributed by atoms with Gasteiger partial charge in [0, 0.05) is 46.0 Å². The summed E-state index contributed by atoms with van der Waals surface area (Å²) in [6, 6.07) is 26.3. The first kappa shape index (κ1) is 27.5. The Bertz CT molecular complexity index is 2000. The van der Waals surface area contributed by atoms with Crippen molar-refractivity contribution >= 4 is 22.3 Å².